The predicted molar refractivity (Wildman–Crippen MR) is 129 cm³/mol. The van der Waals surface area contributed by atoms with E-state index in [0.717, 1.165) is 5.56 Å². The minimum atomic E-state index is -0.292. The van der Waals surface area contributed by atoms with Gasteiger partial charge in [0.05, 0.1) is 23.4 Å². The van der Waals surface area contributed by atoms with E-state index in [4.69, 9.17) is 4.74 Å². The third-order valence-corrected chi connectivity index (χ3v) is 5.48. The maximum Gasteiger partial charge on any atom is 0.260 e. The van der Waals surface area contributed by atoms with Gasteiger partial charge in [-0.3, -0.25) is 9.59 Å². The summed E-state index contributed by atoms with van der Waals surface area (Å²) < 4.78 is 5.97. The van der Waals surface area contributed by atoms with Gasteiger partial charge >= 0.3 is 0 Å². The van der Waals surface area contributed by atoms with E-state index in [-0.39, 0.29) is 11.8 Å². The molecule has 8 heteroatoms. The van der Waals surface area contributed by atoms with E-state index in [0.29, 0.717) is 46.5 Å². The van der Waals surface area contributed by atoms with Crippen molar-refractivity contribution < 1.29 is 14.3 Å². The molecule has 2 N–H and O–H groups in total. The molecule has 0 saturated heterocycles. The first-order valence-corrected chi connectivity index (χ1v) is 10.7. The Labute approximate surface area is 196 Å². The van der Waals surface area contributed by atoms with Crippen molar-refractivity contribution in [2.45, 2.75) is 6.54 Å². The van der Waals surface area contributed by atoms with Crippen molar-refractivity contribution in [2.24, 2.45) is 0 Å². The molecule has 2 aromatic carbocycles. The number of anilines is 3. The minimum Gasteiger partial charge on any atom is -0.436 e. The SMILES string of the molecule is CNc1ccccc1C(=O)Nc1ccc(C(=O)N2Cc3cccnc3Oc3ccccc32)cn1. The first-order valence-electron chi connectivity index (χ1n) is 10.7. The number of fused-ring (bicyclic) bond motifs is 2. The van der Waals surface area contributed by atoms with Gasteiger partial charge in [0.1, 0.15) is 5.82 Å². The van der Waals surface area contributed by atoms with E-state index in [1.54, 1.807) is 48.5 Å². The van der Waals surface area contributed by atoms with Gasteiger partial charge in [-0.05, 0) is 42.5 Å². The molecule has 4 aromatic rings. The van der Waals surface area contributed by atoms with Crippen LogP contribution in [-0.4, -0.2) is 28.8 Å². The summed E-state index contributed by atoms with van der Waals surface area (Å²) in [6.45, 7) is 0.304. The maximum atomic E-state index is 13.5. The van der Waals surface area contributed by atoms with E-state index in [9.17, 15) is 9.59 Å². The van der Waals surface area contributed by atoms with E-state index in [1.165, 1.54) is 6.20 Å². The van der Waals surface area contributed by atoms with Crippen LogP contribution < -0.4 is 20.3 Å². The van der Waals surface area contributed by atoms with Crippen LogP contribution in [0.15, 0.2) is 85.2 Å². The summed E-state index contributed by atoms with van der Waals surface area (Å²) in [5.41, 5.74) is 3.04. The molecule has 1 aliphatic rings. The van der Waals surface area contributed by atoms with Crippen LogP contribution in [0.25, 0.3) is 0 Å². The first kappa shape index (κ1) is 21.1. The smallest absolute Gasteiger partial charge is 0.260 e. The van der Waals surface area contributed by atoms with Crippen molar-refractivity contribution in [1.82, 2.24) is 9.97 Å². The van der Waals surface area contributed by atoms with Crippen LogP contribution in [-0.2, 0) is 6.54 Å². The van der Waals surface area contributed by atoms with Crippen molar-refractivity contribution in [1.29, 1.82) is 0 Å². The molecule has 5 rings (SSSR count). The van der Waals surface area contributed by atoms with Crippen molar-refractivity contribution in [2.75, 3.05) is 22.6 Å². The summed E-state index contributed by atoms with van der Waals surface area (Å²) in [6, 6.07) is 21.5. The van der Waals surface area contributed by atoms with Crippen molar-refractivity contribution in [3.8, 4) is 11.6 Å². The number of ether oxygens (including phenoxy) is 1. The van der Waals surface area contributed by atoms with Crippen LogP contribution in [0, 0.1) is 0 Å². The molecule has 0 radical (unpaired) electrons. The lowest BCUT2D eigenvalue weighted by Gasteiger charge is -2.22. The number of para-hydroxylation sites is 3. The van der Waals surface area contributed by atoms with Crippen LogP contribution in [0.3, 0.4) is 0 Å². The highest BCUT2D eigenvalue weighted by Gasteiger charge is 2.26. The van der Waals surface area contributed by atoms with E-state index >= 15 is 0 Å². The van der Waals surface area contributed by atoms with Crippen LogP contribution in [0.2, 0.25) is 0 Å². The largest absolute Gasteiger partial charge is 0.436 e. The van der Waals surface area contributed by atoms with Gasteiger partial charge in [-0.15, -0.1) is 0 Å². The number of carbonyl (C=O) groups is 2. The maximum absolute atomic E-state index is 13.5. The number of nitrogens with one attached hydrogen (secondary N) is 2. The van der Waals surface area contributed by atoms with Gasteiger partial charge in [-0.1, -0.05) is 30.3 Å². The Morgan fingerprint density at radius 1 is 0.941 bits per heavy atom. The van der Waals surface area contributed by atoms with Crippen LogP contribution >= 0.6 is 0 Å². The molecule has 1 aliphatic heterocycles. The van der Waals surface area contributed by atoms with Gasteiger partial charge in [-0.25, -0.2) is 9.97 Å². The standard InChI is InChI=1S/C26H21N5O3/c1-27-20-9-3-2-8-19(20)24(32)30-23-13-12-17(15-29-23)26(33)31-16-18-7-6-14-28-25(18)34-22-11-5-4-10-21(22)31/h2-15,27H,16H2,1H3,(H,29,30,32). The molecule has 2 aromatic heterocycles. The van der Waals surface area contributed by atoms with Crippen LogP contribution in [0.4, 0.5) is 17.2 Å². The zero-order chi connectivity index (χ0) is 23.5. The van der Waals surface area contributed by atoms with E-state index in [2.05, 4.69) is 20.6 Å². The Balaban J connectivity index is 1.39. The van der Waals surface area contributed by atoms with Crippen molar-refractivity contribution >= 4 is 29.0 Å². The molecule has 34 heavy (non-hydrogen) atoms. The van der Waals surface area contributed by atoms with Gasteiger partial charge in [-0.2, -0.15) is 0 Å². The number of carbonyl (C=O) groups excluding carboxylic acids is 2. The van der Waals surface area contributed by atoms with Crippen LogP contribution in [0.1, 0.15) is 26.3 Å². The first-order chi connectivity index (χ1) is 16.6. The summed E-state index contributed by atoms with van der Waals surface area (Å²) in [6.07, 6.45) is 3.12. The van der Waals surface area contributed by atoms with Gasteiger partial charge < -0.3 is 20.3 Å². The third kappa shape index (κ3) is 4.04. The van der Waals surface area contributed by atoms with Gasteiger partial charge in [0.2, 0.25) is 5.88 Å². The second-order valence-corrected chi connectivity index (χ2v) is 7.61. The second-order valence-electron chi connectivity index (χ2n) is 7.61. The highest BCUT2D eigenvalue weighted by Crippen LogP contribution is 2.38. The normalized spacial score (nSPS) is 12.0. The van der Waals surface area contributed by atoms with Crippen LogP contribution in [0.5, 0.6) is 11.6 Å². The number of rotatable bonds is 4. The lowest BCUT2D eigenvalue weighted by molar-refractivity contribution is 0.0984. The molecule has 0 spiro atoms. The number of amides is 2. The van der Waals surface area contributed by atoms with Crippen molar-refractivity contribution in [3.63, 3.8) is 0 Å². The summed E-state index contributed by atoms with van der Waals surface area (Å²) in [4.78, 5) is 36.4. The Morgan fingerprint density at radius 2 is 1.76 bits per heavy atom. The summed E-state index contributed by atoms with van der Waals surface area (Å²) in [7, 11) is 1.76. The summed E-state index contributed by atoms with van der Waals surface area (Å²) in [5.74, 6) is 0.844. The molecule has 168 valence electrons. The number of nitrogens with zero attached hydrogens (tertiary/aromatic N) is 3. The second kappa shape index (κ2) is 9.03. The molecule has 8 nitrogen and oxygen atoms in total. The Bertz CT molecular complexity index is 1370. The average molecular weight is 451 g/mol. The molecule has 0 aliphatic carbocycles. The van der Waals surface area contributed by atoms with Gasteiger partial charge in [0.15, 0.2) is 5.75 Å². The number of benzene rings is 2. The molecule has 0 saturated carbocycles. The highest BCUT2D eigenvalue weighted by molar-refractivity contribution is 6.09. The lowest BCUT2D eigenvalue weighted by atomic mass is 10.1. The van der Waals surface area contributed by atoms with Crippen molar-refractivity contribution in [3.05, 3.63) is 102 Å². The highest BCUT2D eigenvalue weighted by atomic mass is 16.5. The lowest BCUT2D eigenvalue weighted by Crippen LogP contribution is -2.30. The zero-order valence-corrected chi connectivity index (χ0v) is 18.4. The monoisotopic (exact) mass is 451 g/mol. The predicted octanol–water partition coefficient (Wildman–Crippen LogP) is 4.72. The Kier molecular flexibility index (Phi) is 5.61. The number of aromatic nitrogens is 2. The van der Waals surface area contributed by atoms with Gasteiger partial charge in [0.25, 0.3) is 11.8 Å². The molecular formula is C26H21N5O3. The molecule has 2 amide bonds. The minimum absolute atomic E-state index is 0.237. The number of pyridine rings is 2. The molecule has 0 atom stereocenters. The molecule has 0 fully saturated rings. The third-order valence-electron chi connectivity index (χ3n) is 5.48. The average Bonchev–Trinajstić information content (AvgIpc) is 3.05. The topological polar surface area (TPSA) is 96.5 Å². The fraction of sp³-hybridized carbons (Fsp3) is 0.0769. The molecular weight excluding hydrogens is 430 g/mol. The quantitative estimate of drug-likeness (QED) is 0.466. The molecule has 0 bridgehead atoms. The number of hydrogen-bond donors (Lipinski definition) is 2. The van der Waals surface area contributed by atoms with Gasteiger partial charge in [0, 0.05) is 30.7 Å². The fourth-order valence-electron chi connectivity index (χ4n) is 3.78. The fourth-order valence-corrected chi connectivity index (χ4v) is 3.78. The Hall–Kier alpha value is -4.72. The Morgan fingerprint density at radius 3 is 2.59 bits per heavy atom. The zero-order valence-electron chi connectivity index (χ0n) is 18.4. The molecule has 0 unspecified atom stereocenters. The summed E-state index contributed by atoms with van der Waals surface area (Å²) in [5, 5.41) is 5.77. The van der Waals surface area contributed by atoms with E-state index in [1.807, 2.05) is 42.5 Å². The van der Waals surface area contributed by atoms with E-state index < -0.39 is 0 Å². The summed E-state index contributed by atoms with van der Waals surface area (Å²) >= 11 is 0. The number of hydrogen-bond acceptors (Lipinski definition) is 6. The molecule has 3 heterocycles.